The summed E-state index contributed by atoms with van der Waals surface area (Å²) >= 11 is 0. The average Bonchev–Trinajstić information content (AvgIpc) is 2.90. The van der Waals surface area contributed by atoms with Crippen LogP contribution in [0.2, 0.25) is 0 Å². The lowest BCUT2D eigenvalue weighted by Gasteiger charge is -2.43. The highest BCUT2D eigenvalue weighted by atomic mass is 16.4. The molecule has 0 unspecified atom stereocenters. The van der Waals surface area contributed by atoms with Gasteiger partial charge in [-0.3, -0.25) is 9.59 Å². The third kappa shape index (κ3) is 1.88. The minimum atomic E-state index is -0.757. The summed E-state index contributed by atoms with van der Waals surface area (Å²) in [7, 11) is 0. The van der Waals surface area contributed by atoms with E-state index in [0.717, 1.165) is 18.7 Å². The molecule has 112 valence electrons. The molecule has 5 rings (SSSR count). The number of carboxylic acids is 1. The van der Waals surface area contributed by atoms with E-state index in [1.807, 2.05) is 0 Å². The van der Waals surface area contributed by atoms with Gasteiger partial charge in [-0.15, -0.1) is 0 Å². The zero-order chi connectivity index (χ0) is 14.7. The number of aromatic nitrogens is 1. The fourth-order valence-corrected chi connectivity index (χ4v) is 3.89. The van der Waals surface area contributed by atoms with Crippen molar-refractivity contribution in [2.45, 2.75) is 51.0 Å². The summed E-state index contributed by atoms with van der Waals surface area (Å²) in [4.78, 5) is 27.8. The quantitative estimate of drug-likeness (QED) is 0.862. The Hall–Kier alpha value is -1.85. The van der Waals surface area contributed by atoms with Crippen molar-refractivity contribution in [2.75, 3.05) is 0 Å². The first-order valence-corrected chi connectivity index (χ1v) is 7.49. The first-order valence-electron chi connectivity index (χ1n) is 7.49. The lowest BCUT2D eigenvalue weighted by Crippen LogP contribution is -2.51. The van der Waals surface area contributed by atoms with Crippen LogP contribution in [0.25, 0.3) is 0 Å². The van der Waals surface area contributed by atoms with Gasteiger partial charge in [0.2, 0.25) is 5.91 Å². The SMILES string of the molecule is O=C(O)C12CCC(C(=O)NCc3cnc(C4CC4)o3)(C1)C2. The number of carboxylic acid groups (broad SMARTS) is 1. The van der Waals surface area contributed by atoms with Gasteiger partial charge in [-0.25, -0.2) is 4.98 Å². The predicted molar refractivity (Wildman–Crippen MR) is 71.3 cm³/mol. The molecule has 4 aliphatic carbocycles. The third-order valence-corrected chi connectivity index (χ3v) is 5.29. The van der Waals surface area contributed by atoms with Gasteiger partial charge >= 0.3 is 5.97 Å². The number of hydrogen-bond donors (Lipinski definition) is 2. The number of rotatable bonds is 5. The van der Waals surface area contributed by atoms with Gasteiger partial charge in [-0.05, 0) is 38.5 Å². The number of fused-ring (bicyclic) bond motifs is 1. The Kier molecular flexibility index (Phi) is 2.50. The largest absolute Gasteiger partial charge is 0.481 e. The molecule has 0 saturated heterocycles. The topological polar surface area (TPSA) is 92.4 Å². The first-order chi connectivity index (χ1) is 10.0. The molecule has 6 heteroatoms. The highest BCUT2D eigenvalue weighted by Crippen LogP contribution is 2.67. The molecule has 1 amide bonds. The van der Waals surface area contributed by atoms with Crippen LogP contribution < -0.4 is 5.32 Å². The summed E-state index contributed by atoms with van der Waals surface area (Å²) in [5.74, 6) is 1.11. The molecule has 2 bridgehead atoms. The van der Waals surface area contributed by atoms with Crippen LogP contribution in [0.3, 0.4) is 0 Å². The number of oxazole rings is 1. The second-order valence-corrected chi connectivity index (χ2v) is 6.84. The number of hydrogen-bond acceptors (Lipinski definition) is 4. The van der Waals surface area contributed by atoms with Crippen LogP contribution in [0.4, 0.5) is 0 Å². The van der Waals surface area contributed by atoms with E-state index in [1.165, 1.54) is 0 Å². The molecule has 2 N–H and O–H groups in total. The van der Waals surface area contributed by atoms with Crippen LogP contribution >= 0.6 is 0 Å². The molecular formula is C15H18N2O4. The van der Waals surface area contributed by atoms with Crippen LogP contribution in [0.1, 0.15) is 56.1 Å². The monoisotopic (exact) mass is 290 g/mol. The van der Waals surface area contributed by atoms with Gasteiger partial charge in [0.05, 0.1) is 23.6 Å². The van der Waals surface area contributed by atoms with E-state index < -0.39 is 16.8 Å². The van der Waals surface area contributed by atoms with E-state index in [1.54, 1.807) is 6.20 Å². The van der Waals surface area contributed by atoms with Crippen LogP contribution in [-0.4, -0.2) is 22.0 Å². The van der Waals surface area contributed by atoms with Gasteiger partial charge in [-0.1, -0.05) is 0 Å². The maximum atomic E-state index is 12.3. The highest BCUT2D eigenvalue weighted by molar-refractivity contribution is 5.89. The van der Waals surface area contributed by atoms with Crippen molar-refractivity contribution in [1.29, 1.82) is 0 Å². The minimum absolute atomic E-state index is 0.0405. The Labute approximate surface area is 121 Å². The maximum absolute atomic E-state index is 12.3. The van der Waals surface area contributed by atoms with Gasteiger partial charge in [0.1, 0.15) is 5.76 Å². The summed E-state index contributed by atoms with van der Waals surface area (Å²) in [6, 6.07) is 0. The van der Waals surface area contributed by atoms with Crippen molar-refractivity contribution in [2.24, 2.45) is 10.8 Å². The fourth-order valence-electron chi connectivity index (χ4n) is 3.89. The van der Waals surface area contributed by atoms with Gasteiger partial charge in [-0.2, -0.15) is 0 Å². The molecular weight excluding hydrogens is 272 g/mol. The Balaban J connectivity index is 1.35. The second kappa shape index (κ2) is 4.08. The Morgan fingerprint density at radius 1 is 1.33 bits per heavy atom. The Morgan fingerprint density at radius 2 is 2.05 bits per heavy atom. The van der Waals surface area contributed by atoms with E-state index in [-0.39, 0.29) is 5.91 Å². The molecule has 4 aliphatic rings. The molecule has 0 aliphatic heterocycles. The zero-order valence-corrected chi connectivity index (χ0v) is 11.7. The third-order valence-electron chi connectivity index (χ3n) is 5.29. The molecule has 0 spiro atoms. The van der Waals surface area contributed by atoms with E-state index in [4.69, 9.17) is 4.42 Å². The van der Waals surface area contributed by atoms with Crippen molar-refractivity contribution in [3.63, 3.8) is 0 Å². The van der Waals surface area contributed by atoms with Crippen molar-refractivity contribution >= 4 is 11.9 Å². The molecule has 6 nitrogen and oxygen atoms in total. The van der Waals surface area contributed by atoms with Crippen molar-refractivity contribution in [3.05, 3.63) is 17.8 Å². The summed E-state index contributed by atoms with van der Waals surface area (Å²) in [5, 5.41) is 12.1. The maximum Gasteiger partial charge on any atom is 0.309 e. The second-order valence-electron chi connectivity index (χ2n) is 6.84. The summed E-state index contributed by atoms with van der Waals surface area (Å²) < 4.78 is 5.60. The number of amides is 1. The number of carbonyl (C=O) groups excluding carboxylic acids is 1. The standard InChI is InChI=1S/C15H18N2O4/c18-12(14-3-4-15(7-14,8-14)13(19)20)17-6-10-5-16-11(21-10)9-1-2-9/h5,9H,1-4,6-8H2,(H,17,18)(H,19,20). The van der Waals surface area contributed by atoms with Crippen LogP contribution in [0, 0.1) is 10.8 Å². The van der Waals surface area contributed by atoms with Crippen LogP contribution in [0.5, 0.6) is 0 Å². The highest BCUT2D eigenvalue weighted by Gasteiger charge is 2.67. The van der Waals surface area contributed by atoms with E-state index in [2.05, 4.69) is 10.3 Å². The van der Waals surface area contributed by atoms with Crippen LogP contribution in [-0.2, 0) is 16.1 Å². The average molecular weight is 290 g/mol. The molecule has 0 aromatic carbocycles. The molecule has 1 heterocycles. The van der Waals surface area contributed by atoms with E-state index in [0.29, 0.717) is 43.9 Å². The molecule has 21 heavy (non-hydrogen) atoms. The van der Waals surface area contributed by atoms with Crippen LogP contribution in [0.15, 0.2) is 10.6 Å². The van der Waals surface area contributed by atoms with Gasteiger partial charge < -0.3 is 14.8 Å². The number of aliphatic carboxylic acids is 1. The molecule has 0 radical (unpaired) electrons. The summed E-state index contributed by atoms with van der Waals surface area (Å²) in [5.41, 5.74) is -1.10. The normalized spacial score (nSPS) is 33.5. The smallest absolute Gasteiger partial charge is 0.309 e. The van der Waals surface area contributed by atoms with E-state index >= 15 is 0 Å². The fraction of sp³-hybridized carbons (Fsp3) is 0.667. The van der Waals surface area contributed by atoms with Gasteiger partial charge in [0, 0.05) is 5.92 Å². The Bertz CT molecular complexity index is 611. The Morgan fingerprint density at radius 3 is 2.67 bits per heavy atom. The number of carbonyl (C=O) groups is 2. The number of nitrogens with one attached hydrogen (secondary N) is 1. The number of nitrogens with zero attached hydrogens (tertiary/aromatic N) is 1. The van der Waals surface area contributed by atoms with E-state index in [9.17, 15) is 14.7 Å². The lowest BCUT2D eigenvalue weighted by molar-refractivity contribution is -0.160. The van der Waals surface area contributed by atoms with Crippen molar-refractivity contribution in [3.8, 4) is 0 Å². The van der Waals surface area contributed by atoms with Crippen molar-refractivity contribution in [1.82, 2.24) is 10.3 Å². The van der Waals surface area contributed by atoms with Crippen molar-refractivity contribution < 1.29 is 19.1 Å². The van der Waals surface area contributed by atoms with Gasteiger partial charge in [0.15, 0.2) is 5.89 Å². The molecule has 4 fully saturated rings. The zero-order valence-electron chi connectivity index (χ0n) is 11.7. The first kappa shape index (κ1) is 12.9. The lowest BCUT2D eigenvalue weighted by atomic mass is 9.60. The molecule has 1 aromatic rings. The minimum Gasteiger partial charge on any atom is -0.481 e. The molecule has 1 aromatic heterocycles. The molecule has 4 saturated carbocycles. The molecule has 0 atom stereocenters. The summed E-state index contributed by atoms with van der Waals surface area (Å²) in [6.07, 6.45) is 6.18. The summed E-state index contributed by atoms with van der Waals surface area (Å²) in [6.45, 7) is 0.334. The van der Waals surface area contributed by atoms with Gasteiger partial charge in [0.25, 0.3) is 0 Å². The predicted octanol–water partition coefficient (Wildman–Crippen LogP) is 1.81.